The number of hydrogen-bond donors (Lipinski definition) is 0. The second kappa shape index (κ2) is 4.26. The van der Waals surface area contributed by atoms with Crippen LogP contribution in [0.3, 0.4) is 0 Å². The molecule has 0 atom stereocenters. The van der Waals surface area contributed by atoms with Crippen LogP contribution in [0.2, 0.25) is 0 Å². The van der Waals surface area contributed by atoms with Gasteiger partial charge in [0.25, 0.3) is 0 Å². The minimum Gasteiger partial charge on any atom is -0.292 e. The van der Waals surface area contributed by atoms with Gasteiger partial charge in [-0.2, -0.15) is 10.3 Å². The summed E-state index contributed by atoms with van der Waals surface area (Å²) >= 11 is 0. The van der Waals surface area contributed by atoms with Gasteiger partial charge in [-0.25, -0.2) is 0 Å². The summed E-state index contributed by atoms with van der Waals surface area (Å²) < 4.78 is 0. The Kier molecular flexibility index (Phi) is 3.63. The van der Waals surface area contributed by atoms with E-state index in [1.165, 1.54) is 0 Å². The smallest absolute Gasteiger partial charge is 0.0816 e. The number of rotatable bonds is 1. The molecule has 1 saturated heterocycles. The molecule has 0 amide bonds. The highest BCUT2D eigenvalue weighted by Gasteiger charge is 2.47. The summed E-state index contributed by atoms with van der Waals surface area (Å²) in [5.41, 5.74) is -0.404. The van der Waals surface area contributed by atoms with Gasteiger partial charge in [-0.3, -0.25) is 4.84 Å². The molecule has 0 radical (unpaired) electrons. The molecule has 0 N–H and O–H groups in total. The van der Waals surface area contributed by atoms with Gasteiger partial charge in [-0.05, 0) is 61.3 Å². The van der Waals surface area contributed by atoms with Crippen LogP contribution in [0, 0.1) is 17.2 Å². The first-order valence-corrected chi connectivity index (χ1v) is 6.37. The van der Waals surface area contributed by atoms with E-state index in [-0.39, 0.29) is 22.6 Å². The second-order valence-electron chi connectivity index (χ2n) is 7.36. The highest BCUT2D eigenvalue weighted by molar-refractivity contribution is 5.02. The molecule has 0 aromatic heterocycles. The fourth-order valence-electron chi connectivity index (χ4n) is 2.88. The van der Waals surface area contributed by atoms with Gasteiger partial charge >= 0.3 is 0 Å². The molecule has 0 saturated carbocycles. The summed E-state index contributed by atoms with van der Waals surface area (Å²) in [4.78, 5) is 6.13. The fourth-order valence-corrected chi connectivity index (χ4v) is 2.88. The van der Waals surface area contributed by atoms with Crippen LogP contribution < -0.4 is 0 Å². The van der Waals surface area contributed by atoms with E-state index >= 15 is 0 Å². The van der Waals surface area contributed by atoms with Gasteiger partial charge < -0.3 is 0 Å². The predicted octanol–water partition coefficient (Wildman–Crippen LogP) is 3.51. The van der Waals surface area contributed by atoms with Crippen LogP contribution >= 0.6 is 0 Å². The number of nitrogens with zero attached hydrogens (tertiary/aromatic N) is 2. The number of hydrogen-bond acceptors (Lipinski definition) is 3. The Balaban J connectivity index is 2.98. The summed E-state index contributed by atoms with van der Waals surface area (Å²) in [6, 6.07) is 2.42. The lowest BCUT2D eigenvalue weighted by Crippen LogP contribution is -2.62. The van der Waals surface area contributed by atoms with Crippen LogP contribution in [0.25, 0.3) is 0 Å². The summed E-state index contributed by atoms with van der Waals surface area (Å²) in [5.74, 6) is 0.125. The molecule has 1 heterocycles. The standard InChI is InChI=1S/C14H26N2O/c1-12(2,3)17-16-13(4,5)8-11(10-15)9-14(16,6)7/h11H,8-9H2,1-7H3. The zero-order valence-corrected chi connectivity index (χ0v) is 12.3. The Morgan fingerprint density at radius 3 is 1.82 bits per heavy atom. The van der Waals surface area contributed by atoms with Crippen molar-refractivity contribution < 1.29 is 4.84 Å². The van der Waals surface area contributed by atoms with Crippen LogP contribution in [0.5, 0.6) is 0 Å². The van der Waals surface area contributed by atoms with Crippen molar-refractivity contribution >= 4 is 0 Å². The van der Waals surface area contributed by atoms with Gasteiger partial charge in [-0.15, -0.1) is 0 Å². The summed E-state index contributed by atoms with van der Waals surface area (Å²) in [6.45, 7) is 14.8. The van der Waals surface area contributed by atoms with Crippen molar-refractivity contribution in [2.24, 2.45) is 5.92 Å². The molecule has 0 unspecified atom stereocenters. The SMILES string of the molecule is CC(C)(C)ON1C(C)(C)CC(C#N)CC1(C)C. The van der Waals surface area contributed by atoms with Crippen LogP contribution in [0.4, 0.5) is 0 Å². The molecule has 0 aromatic rings. The zero-order chi connectivity index (χ0) is 13.5. The van der Waals surface area contributed by atoms with Crippen LogP contribution in [0.1, 0.15) is 61.3 Å². The predicted molar refractivity (Wildman–Crippen MR) is 69.2 cm³/mol. The number of piperidine rings is 1. The Hall–Kier alpha value is -0.590. The Bertz CT molecular complexity index is 302. The summed E-state index contributed by atoms with van der Waals surface area (Å²) in [7, 11) is 0. The van der Waals surface area contributed by atoms with Crippen molar-refractivity contribution in [3.8, 4) is 6.07 Å². The number of nitriles is 1. The highest BCUT2D eigenvalue weighted by atomic mass is 16.7. The van der Waals surface area contributed by atoms with Crippen molar-refractivity contribution in [3.63, 3.8) is 0 Å². The number of hydroxylamine groups is 2. The van der Waals surface area contributed by atoms with Crippen LogP contribution in [-0.4, -0.2) is 21.7 Å². The third kappa shape index (κ3) is 3.43. The van der Waals surface area contributed by atoms with E-state index in [2.05, 4.69) is 59.6 Å². The highest BCUT2D eigenvalue weighted by Crippen LogP contribution is 2.42. The molecule has 17 heavy (non-hydrogen) atoms. The third-order valence-corrected chi connectivity index (χ3v) is 3.14. The van der Waals surface area contributed by atoms with Crippen molar-refractivity contribution in [2.75, 3.05) is 0 Å². The van der Waals surface area contributed by atoms with E-state index < -0.39 is 0 Å². The maximum Gasteiger partial charge on any atom is 0.0816 e. The molecule has 1 aliphatic rings. The average Bonchev–Trinajstić information content (AvgIpc) is 2.09. The first kappa shape index (κ1) is 14.5. The average molecular weight is 238 g/mol. The molecule has 0 bridgehead atoms. The molecular formula is C14H26N2O. The van der Waals surface area contributed by atoms with Gasteiger partial charge in [0.2, 0.25) is 0 Å². The maximum absolute atomic E-state index is 9.16. The molecule has 98 valence electrons. The monoisotopic (exact) mass is 238 g/mol. The molecule has 0 aliphatic carbocycles. The van der Waals surface area contributed by atoms with Crippen LogP contribution in [-0.2, 0) is 4.84 Å². The van der Waals surface area contributed by atoms with E-state index in [1.54, 1.807) is 0 Å². The van der Waals surface area contributed by atoms with Crippen molar-refractivity contribution in [1.29, 1.82) is 5.26 Å². The van der Waals surface area contributed by atoms with E-state index in [9.17, 15) is 0 Å². The largest absolute Gasteiger partial charge is 0.292 e. The zero-order valence-electron chi connectivity index (χ0n) is 12.3. The summed E-state index contributed by atoms with van der Waals surface area (Å²) in [6.07, 6.45) is 1.73. The molecule has 1 rings (SSSR count). The molecule has 0 aromatic carbocycles. The van der Waals surface area contributed by atoms with E-state index in [0.29, 0.717) is 0 Å². The van der Waals surface area contributed by atoms with Crippen molar-refractivity contribution in [3.05, 3.63) is 0 Å². The van der Waals surface area contributed by atoms with Gasteiger partial charge in [0, 0.05) is 17.0 Å². The van der Waals surface area contributed by atoms with E-state index in [4.69, 9.17) is 10.1 Å². The fraction of sp³-hybridized carbons (Fsp3) is 0.929. The Morgan fingerprint density at radius 1 is 1.12 bits per heavy atom. The normalized spacial score (nSPS) is 25.5. The van der Waals surface area contributed by atoms with Gasteiger partial charge in [-0.1, -0.05) is 0 Å². The van der Waals surface area contributed by atoms with Gasteiger partial charge in [0.05, 0.1) is 11.7 Å². The first-order valence-electron chi connectivity index (χ1n) is 6.37. The molecular weight excluding hydrogens is 212 g/mol. The topological polar surface area (TPSA) is 36.3 Å². The molecule has 1 aliphatic heterocycles. The lowest BCUT2D eigenvalue weighted by molar-refractivity contribution is -0.328. The Morgan fingerprint density at radius 2 is 1.53 bits per heavy atom. The maximum atomic E-state index is 9.16. The van der Waals surface area contributed by atoms with Crippen molar-refractivity contribution in [1.82, 2.24) is 5.06 Å². The van der Waals surface area contributed by atoms with E-state index in [0.717, 1.165) is 12.8 Å². The van der Waals surface area contributed by atoms with Gasteiger partial charge in [0.1, 0.15) is 0 Å². The third-order valence-electron chi connectivity index (χ3n) is 3.14. The lowest BCUT2D eigenvalue weighted by Gasteiger charge is -2.54. The second-order valence-corrected chi connectivity index (χ2v) is 7.36. The molecule has 1 fully saturated rings. The minimum absolute atomic E-state index is 0.102. The van der Waals surface area contributed by atoms with E-state index in [1.807, 2.05) is 0 Å². The Labute approximate surface area is 106 Å². The molecule has 0 spiro atoms. The molecule has 3 heteroatoms. The minimum atomic E-state index is -0.200. The quantitative estimate of drug-likeness (QED) is 0.701. The summed E-state index contributed by atoms with van der Waals surface area (Å²) in [5, 5.41) is 11.3. The first-order chi connectivity index (χ1) is 7.48. The lowest BCUT2D eigenvalue weighted by atomic mass is 9.76. The van der Waals surface area contributed by atoms with Gasteiger partial charge in [0.15, 0.2) is 0 Å². The molecule has 3 nitrogen and oxygen atoms in total. The van der Waals surface area contributed by atoms with Crippen molar-refractivity contribution in [2.45, 2.75) is 78.0 Å². The van der Waals surface area contributed by atoms with Crippen LogP contribution in [0.15, 0.2) is 0 Å².